The van der Waals surface area contributed by atoms with E-state index in [1.54, 1.807) is 0 Å². The quantitative estimate of drug-likeness (QED) is 0.554. The normalized spacial score (nSPS) is 7.53. The molecule has 0 aliphatic rings. The van der Waals surface area contributed by atoms with E-state index in [4.69, 9.17) is 0 Å². The van der Waals surface area contributed by atoms with Crippen molar-refractivity contribution in [1.82, 2.24) is 0 Å². The molecule has 1 nitrogen and oxygen atoms in total. The van der Waals surface area contributed by atoms with Crippen molar-refractivity contribution in [2.75, 3.05) is 0 Å². The van der Waals surface area contributed by atoms with Crippen LogP contribution in [0.1, 0.15) is 95.4 Å². The highest BCUT2D eigenvalue weighted by Crippen LogP contribution is 2.09. The molecule has 0 unspecified atom stereocenters. The first-order valence-corrected chi connectivity index (χ1v) is 6.61. The standard InChI is InChI=1S/C8H16O.2C3H8.2CH4/c1-4-7(5-2)8(9)6-3;2*1-3-2;;/h7H,4-6H2,1-3H3;2*3H2,1-2H3;2*1H4. The minimum absolute atomic E-state index is 0. The van der Waals surface area contributed by atoms with Crippen LogP contribution in [0.5, 0.6) is 0 Å². The van der Waals surface area contributed by atoms with Crippen LogP contribution < -0.4 is 0 Å². The van der Waals surface area contributed by atoms with Crippen LogP contribution >= 0.6 is 0 Å². The van der Waals surface area contributed by atoms with Crippen molar-refractivity contribution in [2.24, 2.45) is 5.92 Å². The van der Waals surface area contributed by atoms with Crippen LogP contribution in [0, 0.1) is 5.92 Å². The second-order valence-corrected chi connectivity index (χ2v) is 3.75. The molecule has 0 bridgehead atoms. The molecule has 0 spiro atoms. The number of carbonyl (C=O) groups is 1. The van der Waals surface area contributed by atoms with Crippen molar-refractivity contribution < 1.29 is 4.79 Å². The topological polar surface area (TPSA) is 17.1 Å². The monoisotopic (exact) mass is 248 g/mol. The molecule has 0 heterocycles. The molecule has 0 aliphatic heterocycles. The van der Waals surface area contributed by atoms with Crippen molar-refractivity contribution in [3.8, 4) is 0 Å². The lowest BCUT2D eigenvalue weighted by atomic mass is 9.97. The van der Waals surface area contributed by atoms with Gasteiger partial charge in [0.05, 0.1) is 0 Å². The summed E-state index contributed by atoms with van der Waals surface area (Å²) >= 11 is 0. The van der Waals surface area contributed by atoms with E-state index in [1.165, 1.54) is 12.8 Å². The minimum atomic E-state index is 0. The number of carbonyl (C=O) groups excluding carboxylic acids is 1. The van der Waals surface area contributed by atoms with Gasteiger partial charge in [-0.1, -0.05) is 76.2 Å². The predicted molar refractivity (Wildman–Crippen MR) is 84.8 cm³/mol. The smallest absolute Gasteiger partial charge is 0.135 e. The van der Waals surface area contributed by atoms with E-state index in [9.17, 15) is 4.79 Å². The van der Waals surface area contributed by atoms with Crippen LogP contribution in [0.2, 0.25) is 0 Å². The molecule has 0 atom stereocenters. The van der Waals surface area contributed by atoms with Gasteiger partial charge in [-0.05, 0) is 12.8 Å². The summed E-state index contributed by atoms with van der Waals surface area (Å²) in [4.78, 5) is 11.0. The molecular formula is C16H40O. The molecule has 0 fully saturated rings. The average molecular weight is 248 g/mol. The van der Waals surface area contributed by atoms with Crippen molar-refractivity contribution in [3.63, 3.8) is 0 Å². The van der Waals surface area contributed by atoms with E-state index >= 15 is 0 Å². The number of rotatable bonds is 4. The second kappa shape index (κ2) is 29.6. The number of hydrogen-bond acceptors (Lipinski definition) is 1. The Morgan fingerprint density at radius 1 is 0.765 bits per heavy atom. The van der Waals surface area contributed by atoms with E-state index in [2.05, 4.69) is 41.5 Å². The third-order valence-electron chi connectivity index (χ3n) is 1.79. The van der Waals surface area contributed by atoms with Gasteiger partial charge in [-0.3, -0.25) is 4.79 Å². The lowest BCUT2D eigenvalue weighted by molar-refractivity contribution is -0.122. The van der Waals surface area contributed by atoms with Gasteiger partial charge in [-0.25, -0.2) is 0 Å². The van der Waals surface area contributed by atoms with Crippen molar-refractivity contribution >= 4 is 5.78 Å². The molecular weight excluding hydrogens is 208 g/mol. The fraction of sp³-hybridized carbons (Fsp3) is 0.938. The van der Waals surface area contributed by atoms with Crippen molar-refractivity contribution in [2.45, 2.75) is 95.4 Å². The Morgan fingerprint density at radius 2 is 1.00 bits per heavy atom. The molecule has 0 aliphatic carbocycles. The molecule has 1 heteroatoms. The first-order valence-electron chi connectivity index (χ1n) is 6.61. The summed E-state index contributed by atoms with van der Waals surface area (Å²) in [5.41, 5.74) is 0. The molecule has 0 N–H and O–H groups in total. The van der Waals surface area contributed by atoms with E-state index in [1.807, 2.05) is 6.92 Å². The average Bonchev–Trinajstić information content (AvgIpc) is 2.21. The zero-order valence-corrected chi connectivity index (χ0v) is 12.0. The molecule has 0 saturated heterocycles. The fourth-order valence-electron chi connectivity index (χ4n) is 1.03. The van der Waals surface area contributed by atoms with E-state index in [-0.39, 0.29) is 14.9 Å². The fourth-order valence-corrected chi connectivity index (χ4v) is 1.03. The van der Waals surface area contributed by atoms with Gasteiger partial charge in [-0.15, -0.1) is 0 Å². The summed E-state index contributed by atoms with van der Waals surface area (Å²) in [6.45, 7) is 14.6. The van der Waals surface area contributed by atoms with Gasteiger partial charge in [0.25, 0.3) is 0 Å². The van der Waals surface area contributed by atoms with Gasteiger partial charge >= 0.3 is 0 Å². The maximum absolute atomic E-state index is 11.0. The molecule has 17 heavy (non-hydrogen) atoms. The zero-order chi connectivity index (χ0) is 12.7. The van der Waals surface area contributed by atoms with Crippen LogP contribution in [0.25, 0.3) is 0 Å². The predicted octanol–water partition coefficient (Wildman–Crippen LogP) is 6.51. The highest BCUT2D eigenvalue weighted by Gasteiger charge is 2.10. The Bertz CT molecular complexity index is 102. The Labute approximate surface area is 112 Å². The van der Waals surface area contributed by atoms with Gasteiger partial charge < -0.3 is 0 Å². The highest BCUT2D eigenvalue weighted by molar-refractivity contribution is 5.80. The molecule has 0 saturated carbocycles. The molecule has 110 valence electrons. The number of ketones is 1. The summed E-state index contributed by atoms with van der Waals surface area (Å²) in [7, 11) is 0. The second-order valence-electron chi connectivity index (χ2n) is 3.75. The van der Waals surface area contributed by atoms with Crippen LogP contribution in [0.3, 0.4) is 0 Å². The van der Waals surface area contributed by atoms with Crippen LogP contribution in [0.4, 0.5) is 0 Å². The third-order valence-corrected chi connectivity index (χ3v) is 1.79. The van der Waals surface area contributed by atoms with Gasteiger partial charge in [0, 0.05) is 12.3 Å². The van der Waals surface area contributed by atoms with Gasteiger partial charge in [-0.2, -0.15) is 0 Å². The van der Waals surface area contributed by atoms with E-state index in [0.29, 0.717) is 18.1 Å². The Morgan fingerprint density at radius 3 is 1.06 bits per heavy atom. The van der Waals surface area contributed by atoms with E-state index < -0.39 is 0 Å². The summed E-state index contributed by atoms with van der Waals surface area (Å²) < 4.78 is 0. The summed E-state index contributed by atoms with van der Waals surface area (Å²) in [6.07, 6.45) is 5.21. The largest absolute Gasteiger partial charge is 0.299 e. The Balaban J connectivity index is -0.0000000514. The van der Waals surface area contributed by atoms with Crippen LogP contribution in [-0.4, -0.2) is 5.78 Å². The first-order chi connectivity index (χ1) is 7.09. The third kappa shape index (κ3) is 31.3. The number of hydrogen-bond donors (Lipinski definition) is 0. The first kappa shape index (κ1) is 30.1. The van der Waals surface area contributed by atoms with Gasteiger partial charge in [0.1, 0.15) is 5.78 Å². The molecule has 0 rings (SSSR count). The summed E-state index contributed by atoms with van der Waals surface area (Å²) in [6, 6.07) is 0. The SMILES string of the molecule is C.C.CCC.CCC.CCC(=O)C(CC)CC. The van der Waals surface area contributed by atoms with E-state index in [0.717, 1.165) is 12.8 Å². The Kier molecular flexibility index (Phi) is 52.4. The van der Waals surface area contributed by atoms with Crippen LogP contribution in [-0.2, 0) is 4.79 Å². The van der Waals surface area contributed by atoms with Crippen molar-refractivity contribution in [1.29, 1.82) is 0 Å². The van der Waals surface area contributed by atoms with Gasteiger partial charge in [0.15, 0.2) is 0 Å². The van der Waals surface area contributed by atoms with Crippen molar-refractivity contribution in [3.05, 3.63) is 0 Å². The molecule has 0 amide bonds. The maximum Gasteiger partial charge on any atom is 0.135 e. The molecule has 0 radical (unpaired) electrons. The number of Topliss-reactive ketones (excluding diaryl/α,β-unsaturated/α-hetero) is 1. The molecule has 0 aromatic rings. The molecule has 0 aromatic carbocycles. The summed E-state index contributed by atoms with van der Waals surface area (Å²) in [5.74, 6) is 0.745. The zero-order valence-electron chi connectivity index (χ0n) is 12.0. The lowest BCUT2D eigenvalue weighted by Gasteiger charge is -2.07. The maximum atomic E-state index is 11.0. The lowest BCUT2D eigenvalue weighted by Crippen LogP contribution is -2.10. The molecule has 0 aromatic heterocycles. The van der Waals surface area contributed by atoms with Gasteiger partial charge in [0.2, 0.25) is 0 Å². The van der Waals surface area contributed by atoms with Crippen LogP contribution in [0.15, 0.2) is 0 Å². The summed E-state index contributed by atoms with van der Waals surface area (Å²) in [5, 5.41) is 0. The minimum Gasteiger partial charge on any atom is -0.299 e. The Hall–Kier alpha value is -0.330. The highest BCUT2D eigenvalue weighted by atomic mass is 16.1.